The Labute approximate surface area is 63.2 Å². The minimum absolute atomic E-state index is 0.503. The van der Waals surface area contributed by atoms with Crippen molar-refractivity contribution in [3.05, 3.63) is 0 Å². The predicted octanol–water partition coefficient (Wildman–Crippen LogP) is 1.43. The maximum Gasteiger partial charge on any atom is 0.0572 e. The highest BCUT2D eigenvalue weighted by molar-refractivity contribution is 4.65. The molecule has 62 valence electrons. The number of rotatable bonds is 0. The van der Waals surface area contributed by atoms with Gasteiger partial charge in [0.1, 0.15) is 0 Å². The van der Waals surface area contributed by atoms with Crippen molar-refractivity contribution in [1.82, 2.24) is 0 Å². The Hall–Kier alpha value is -0.0800. The third kappa shape index (κ3) is 3.18. The van der Waals surface area contributed by atoms with Crippen molar-refractivity contribution in [2.45, 2.75) is 32.8 Å². The Morgan fingerprint density at radius 3 is 2.20 bits per heavy atom. The van der Waals surface area contributed by atoms with E-state index in [1.807, 2.05) is 0 Å². The van der Waals surface area contributed by atoms with E-state index in [9.17, 15) is 0 Å². The molecule has 1 heterocycles. The molecule has 1 N–H and O–H groups in total. The van der Waals surface area contributed by atoms with Gasteiger partial charge in [0.25, 0.3) is 0 Å². The summed E-state index contributed by atoms with van der Waals surface area (Å²) in [5.41, 5.74) is 0. The molecule has 2 nitrogen and oxygen atoms in total. The highest BCUT2D eigenvalue weighted by Gasteiger charge is 2.16. The number of aliphatic hydroxyl groups excluding tert-OH is 1. The molecule has 0 aromatic rings. The Bertz CT molecular complexity index is 63.7. The van der Waals surface area contributed by atoms with Crippen LogP contribution in [-0.4, -0.2) is 24.9 Å². The molecule has 2 heteroatoms. The van der Waals surface area contributed by atoms with Crippen LogP contribution in [0.3, 0.4) is 0 Å². The van der Waals surface area contributed by atoms with E-state index in [2.05, 4.69) is 13.8 Å². The van der Waals surface area contributed by atoms with Gasteiger partial charge in [-0.05, 0) is 25.7 Å². The summed E-state index contributed by atoms with van der Waals surface area (Å²) in [6.45, 7) is 5.39. The number of hydrogen-bond acceptors (Lipinski definition) is 2. The fraction of sp³-hybridized carbons (Fsp3) is 1.00. The van der Waals surface area contributed by atoms with Crippen LogP contribution in [0.5, 0.6) is 0 Å². The lowest BCUT2D eigenvalue weighted by molar-refractivity contribution is -0.00789. The summed E-state index contributed by atoms with van der Waals surface area (Å²) in [6, 6.07) is 0. The van der Waals surface area contributed by atoms with Gasteiger partial charge in [0.15, 0.2) is 0 Å². The number of ether oxygens (including phenoxy) is 1. The maximum absolute atomic E-state index is 7.00. The summed E-state index contributed by atoms with van der Waals surface area (Å²) < 4.78 is 5.39. The van der Waals surface area contributed by atoms with Crippen LogP contribution in [-0.2, 0) is 4.74 Å². The highest BCUT2D eigenvalue weighted by Crippen LogP contribution is 2.18. The molecule has 0 aromatic carbocycles. The summed E-state index contributed by atoms with van der Waals surface area (Å²) in [6.07, 6.45) is 3.11. The Morgan fingerprint density at radius 1 is 1.30 bits per heavy atom. The standard InChI is InChI=1S/C7H14O.CH4O/c1-6-4-3-5-8-7(6)2;1-2/h6-7H,3-5H2,1-2H3;2H,1H3. The van der Waals surface area contributed by atoms with Crippen LogP contribution in [0.15, 0.2) is 0 Å². The van der Waals surface area contributed by atoms with Gasteiger partial charge in [0.2, 0.25) is 0 Å². The van der Waals surface area contributed by atoms with Crippen LogP contribution < -0.4 is 0 Å². The number of hydrogen-bond donors (Lipinski definition) is 1. The monoisotopic (exact) mass is 146 g/mol. The van der Waals surface area contributed by atoms with E-state index in [0.717, 1.165) is 19.6 Å². The fourth-order valence-electron chi connectivity index (χ4n) is 1.07. The van der Waals surface area contributed by atoms with Gasteiger partial charge in [-0.2, -0.15) is 0 Å². The molecule has 0 saturated carbocycles. The lowest BCUT2D eigenvalue weighted by Crippen LogP contribution is -2.23. The smallest absolute Gasteiger partial charge is 0.0572 e. The first-order chi connectivity index (χ1) is 4.80. The van der Waals surface area contributed by atoms with Crippen molar-refractivity contribution < 1.29 is 9.84 Å². The topological polar surface area (TPSA) is 29.5 Å². The number of aliphatic hydroxyl groups is 1. The van der Waals surface area contributed by atoms with E-state index in [1.54, 1.807) is 0 Å². The average molecular weight is 146 g/mol. The highest BCUT2D eigenvalue weighted by atomic mass is 16.5. The predicted molar refractivity (Wildman–Crippen MR) is 42.0 cm³/mol. The van der Waals surface area contributed by atoms with Gasteiger partial charge in [0.05, 0.1) is 6.10 Å². The molecule has 0 bridgehead atoms. The molecule has 0 spiro atoms. The zero-order chi connectivity index (χ0) is 7.98. The van der Waals surface area contributed by atoms with E-state index in [1.165, 1.54) is 12.8 Å². The lowest BCUT2D eigenvalue weighted by atomic mass is 9.98. The third-order valence-electron chi connectivity index (χ3n) is 1.99. The summed E-state index contributed by atoms with van der Waals surface area (Å²) in [5.74, 6) is 0.781. The Kier molecular flexibility index (Phi) is 5.64. The first-order valence-corrected chi connectivity index (χ1v) is 3.87. The molecule has 10 heavy (non-hydrogen) atoms. The average Bonchev–Trinajstić information content (AvgIpc) is 2.00. The van der Waals surface area contributed by atoms with Crippen LogP contribution >= 0.6 is 0 Å². The molecule has 0 aliphatic carbocycles. The van der Waals surface area contributed by atoms with Crippen molar-refractivity contribution in [3.8, 4) is 0 Å². The van der Waals surface area contributed by atoms with Crippen LogP contribution in [0.4, 0.5) is 0 Å². The van der Waals surface area contributed by atoms with Crippen molar-refractivity contribution >= 4 is 0 Å². The van der Waals surface area contributed by atoms with Crippen molar-refractivity contribution in [3.63, 3.8) is 0 Å². The zero-order valence-electron chi connectivity index (χ0n) is 7.13. The van der Waals surface area contributed by atoms with Crippen molar-refractivity contribution in [2.75, 3.05) is 13.7 Å². The fourth-order valence-corrected chi connectivity index (χ4v) is 1.07. The first-order valence-electron chi connectivity index (χ1n) is 3.87. The van der Waals surface area contributed by atoms with Gasteiger partial charge >= 0.3 is 0 Å². The van der Waals surface area contributed by atoms with Gasteiger partial charge in [-0.1, -0.05) is 6.92 Å². The van der Waals surface area contributed by atoms with E-state index in [-0.39, 0.29) is 0 Å². The summed E-state index contributed by atoms with van der Waals surface area (Å²) in [5, 5.41) is 7.00. The van der Waals surface area contributed by atoms with E-state index in [0.29, 0.717) is 6.10 Å². The molecular formula is C8H18O2. The summed E-state index contributed by atoms with van der Waals surface area (Å²) in [4.78, 5) is 0. The van der Waals surface area contributed by atoms with Crippen LogP contribution in [0, 0.1) is 5.92 Å². The second-order valence-electron chi connectivity index (χ2n) is 2.70. The van der Waals surface area contributed by atoms with Gasteiger partial charge in [-0.15, -0.1) is 0 Å². The van der Waals surface area contributed by atoms with Crippen molar-refractivity contribution in [2.24, 2.45) is 5.92 Å². The van der Waals surface area contributed by atoms with E-state index >= 15 is 0 Å². The van der Waals surface area contributed by atoms with Crippen LogP contribution in [0.25, 0.3) is 0 Å². The molecule has 1 fully saturated rings. The largest absolute Gasteiger partial charge is 0.400 e. The minimum Gasteiger partial charge on any atom is -0.400 e. The first kappa shape index (κ1) is 9.92. The van der Waals surface area contributed by atoms with Gasteiger partial charge in [-0.25, -0.2) is 0 Å². The van der Waals surface area contributed by atoms with E-state index in [4.69, 9.17) is 9.84 Å². The molecule has 2 unspecified atom stereocenters. The van der Waals surface area contributed by atoms with Gasteiger partial charge in [-0.3, -0.25) is 0 Å². The van der Waals surface area contributed by atoms with Crippen LogP contribution in [0.2, 0.25) is 0 Å². The van der Waals surface area contributed by atoms with Crippen LogP contribution in [0.1, 0.15) is 26.7 Å². The molecule has 0 aromatic heterocycles. The van der Waals surface area contributed by atoms with Gasteiger partial charge in [0, 0.05) is 13.7 Å². The second-order valence-corrected chi connectivity index (χ2v) is 2.70. The third-order valence-corrected chi connectivity index (χ3v) is 1.99. The Morgan fingerprint density at radius 2 is 1.90 bits per heavy atom. The quantitative estimate of drug-likeness (QED) is 0.560. The molecule has 1 rings (SSSR count). The molecule has 1 aliphatic rings. The molecule has 1 saturated heterocycles. The Balaban J connectivity index is 0.000000371. The molecular weight excluding hydrogens is 128 g/mol. The normalized spacial score (nSPS) is 32.4. The van der Waals surface area contributed by atoms with Gasteiger partial charge < -0.3 is 9.84 Å². The zero-order valence-corrected chi connectivity index (χ0v) is 7.13. The molecule has 0 amide bonds. The molecule has 0 radical (unpaired) electrons. The summed E-state index contributed by atoms with van der Waals surface area (Å²) in [7, 11) is 1.00. The van der Waals surface area contributed by atoms with E-state index < -0.39 is 0 Å². The summed E-state index contributed by atoms with van der Waals surface area (Å²) >= 11 is 0. The minimum atomic E-state index is 0.503. The molecule has 2 atom stereocenters. The second kappa shape index (κ2) is 5.69. The SMILES string of the molecule is CC1CCCOC1C.CO. The van der Waals surface area contributed by atoms with Crippen molar-refractivity contribution in [1.29, 1.82) is 0 Å². The lowest BCUT2D eigenvalue weighted by Gasteiger charge is -2.25. The molecule has 1 aliphatic heterocycles. The maximum atomic E-state index is 7.00.